The molecule has 100 valence electrons. The Bertz CT molecular complexity index is 578. The van der Waals surface area contributed by atoms with E-state index in [-0.39, 0.29) is 0 Å². The lowest BCUT2D eigenvalue weighted by atomic mass is 10.1. The number of nitrogens with zero attached hydrogens (tertiary/aromatic N) is 2. The van der Waals surface area contributed by atoms with E-state index in [4.69, 9.17) is 0 Å². The Kier molecular flexibility index (Phi) is 3.96. The van der Waals surface area contributed by atoms with Gasteiger partial charge in [0.2, 0.25) is 0 Å². The second-order valence-electron chi connectivity index (χ2n) is 4.94. The van der Waals surface area contributed by atoms with Crippen LogP contribution in [0.5, 0.6) is 0 Å². The molecule has 1 heterocycles. The molecule has 0 amide bonds. The Morgan fingerprint density at radius 2 is 2.21 bits per heavy atom. The van der Waals surface area contributed by atoms with E-state index in [2.05, 4.69) is 56.6 Å². The molecule has 1 N–H and O–H groups in total. The van der Waals surface area contributed by atoms with Crippen molar-refractivity contribution in [3.63, 3.8) is 0 Å². The second-order valence-corrected chi connectivity index (χ2v) is 6.86. The first-order valence-electron chi connectivity index (χ1n) is 6.54. The van der Waals surface area contributed by atoms with Gasteiger partial charge in [-0.2, -0.15) is 0 Å². The minimum absolute atomic E-state index is 0.765. The van der Waals surface area contributed by atoms with Crippen molar-refractivity contribution < 1.29 is 0 Å². The monoisotopic (exact) mass is 337 g/mol. The Labute approximate surface area is 125 Å². The number of aryl methyl sites for hydroxylation is 1. The van der Waals surface area contributed by atoms with Gasteiger partial charge in [0.1, 0.15) is 10.0 Å². The maximum atomic E-state index is 4.30. The first-order chi connectivity index (χ1) is 9.22. The fraction of sp³-hybridized carbons (Fsp3) is 0.429. The van der Waals surface area contributed by atoms with Crippen LogP contribution >= 0.6 is 27.3 Å². The van der Waals surface area contributed by atoms with Crippen LogP contribution in [0.15, 0.2) is 22.7 Å². The zero-order chi connectivity index (χ0) is 13.2. The molecule has 1 aliphatic carbocycles. The van der Waals surface area contributed by atoms with Gasteiger partial charge in [-0.25, -0.2) is 0 Å². The molecule has 1 saturated carbocycles. The highest BCUT2D eigenvalue weighted by atomic mass is 79.9. The molecule has 0 bridgehead atoms. The quantitative estimate of drug-likeness (QED) is 0.906. The summed E-state index contributed by atoms with van der Waals surface area (Å²) in [6.45, 7) is 3.10. The summed E-state index contributed by atoms with van der Waals surface area (Å²) in [4.78, 5) is 0. The van der Waals surface area contributed by atoms with Crippen molar-refractivity contribution in [2.75, 3.05) is 6.54 Å². The standard InChI is InChI=1S/C14H16BrN3S/c1-9-8-10(2-5-12(9)15)14-18-17-13(19-14)6-7-16-11-3-4-11/h2,5,8,11,16H,3-4,6-7H2,1H3. The Morgan fingerprint density at radius 1 is 1.37 bits per heavy atom. The van der Waals surface area contributed by atoms with Gasteiger partial charge in [0.15, 0.2) is 0 Å². The van der Waals surface area contributed by atoms with E-state index in [1.165, 1.54) is 18.4 Å². The van der Waals surface area contributed by atoms with Crippen LogP contribution in [0.2, 0.25) is 0 Å². The lowest BCUT2D eigenvalue weighted by Gasteiger charge is -2.00. The van der Waals surface area contributed by atoms with Crippen molar-refractivity contribution >= 4 is 27.3 Å². The van der Waals surface area contributed by atoms with Crippen LogP contribution in [0.1, 0.15) is 23.4 Å². The molecule has 1 fully saturated rings. The van der Waals surface area contributed by atoms with Gasteiger partial charge in [-0.1, -0.05) is 33.3 Å². The molecule has 0 atom stereocenters. The molecule has 1 aromatic heterocycles. The van der Waals surface area contributed by atoms with Gasteiger partial charge < -0.3 is 5.32 Å². The summed E-state index contributed by atoms with van der Waals surface area (Å²) < 4.78 is 1.13. The number of hydrogen-bond acceptors (Lipinski definition) is 4. The zero-order valence-corrected chi connectivity index (χ0v) is 13.2. The number of aromatic nitrogens is 2. The van der Waals surface area contributed by atoms with Gasteiger partial charge in [-0.05, 0) is 37.5 Å². The summed E-state index contributed by atoms with van der Waals surface area (Å²) in [6, 6.07) is 7.07. The highest BCUT2D eigenvalue weighted by molar-refractivity contribution is 9.10. The van der Waals surface area contributed by atoms with Crippen LogP contribution in [-0.4, -0.2) is 22.8 Å². The van der Waals surface area contributed by atoms with Crippen molar-refractivity contribution in [1.82, 2.24) is 15.5 Å². The minimum Gasteiger partial charge on any atom is -0.314 e. The summed E-state index contributed by atoms with van der Waals surface area (Å²) in [7, 11) is 0. The van der Waals surface area contributed by atoms with Gasteiger partial charge in [-0.15, -0.1) is 10.2 Å². The molecule has 0 spiro atoms. The maximum Gasteiger partial charge on any atom is 0.147 e. The topological polar surface area (TPSA) is 37.8 Å². The largest absolute Gasteiger partial charge is 0.314 e. The predicted molar refractivity (Wildman–Crippen MR) is 82.5 cm³/mol. The van der Waals surface area contributed by atoms with Crippen LogP contribution in [0.3, 0.4) is 0 Å². The lowest BCUT2D eigenvalue weighted by molar-refractivity contribution is 0.677. The van der Waals surface area contributed by atoms with Crippen LogP contribution in [0.25, 0.3) is 10.6 Å². The summed E-state index contributed by atoms with van der Waals surface area (Å²) in [5, 5.41) is 14.2. The SMILES string of the molecule is Cc1cc(-c2nnc(CCNC3CC3)s2)ccc1Br. The molecule has 0 radical (unpaired) electrons. The third kappa shape index (κ3) is 3.41. The summed E-state index contributed by atoms with van der Waals surface area (Å²) in [5.74, 6) is 0. The van der Waals surface area contributed by atoms with Crippen molar-refractivity contribution in [2.45, 2.75) is 32.2 Å². The van der Waals surface area contributed by atoms with E-state index in [0.29, 0.717) is 0 Å². The molecular formula is C14H16BrN3S. The molecule has 3 nitrogen and oxygen atoms in total. The second kappa shape index (κ2) is 5.69. The van der Waals surface area contributed by atoms with Crippen molar-refractivity contribution in [2.24, 2.45) is 0 Å². The molecule has 0 unspecified atom stereocenters. The van der Waals surface area contributed by atoms with E-state index in [1.54, 1.807) is 11.3 Å². The van der Waals surface area contributed by atoms with Crippen LogP contribution in [0.4, 0.5) is 0 Å². The molecule has 0 aliphatic heterocycles. The third-order valence-electron chi connectivity index (χ3n) is 3.22. The first-order valence-corrected chi connectivity index (χ1v) is 8.15. The van der Waals surface area contributed by atoms with Crippen LogP contribution in [-0.2, 0) is 6.42 Å². The summed E-state index contributed by atoms with van der Waals surface area (Å²) >= 11 is 5.21. The fourth-order valence-electron chi connectivity index (χ4n) is 1.92. The zero-order valence-electron chi connectivity index (χ0n) is 10.8. The van der Waals surface area contributed by atoms with Crippen molar-refractivity contribution in [3.8, 4) is 10.6 Å². The van der Waals surface area contributed by atoms with Gasteiger partial charge >= 0.3 is 0 Å². The number of nitrogens with one attached hydrogen (secondary N) is 1. The number of rotatable bonds is 5. The van der Waals surface area contributed by atoms with Gasteiger partial charge in [-0.3, -0.25) is 0 Å². The Hall–Kier alpha value is -0.780. The molecule has 1 aliphatic rings. The lowest BCUT2D eigenvalue weighted by Crippen LogP contribution is -2.19. The average Bonchev–Trinajstić information content (AvgIpc) is 3.10. The molecule has 1 aromatic carbocycles. The minimum atomic E-state index is 0.765. The summed E-state index contributed by atoms with van der Waals surface area (Å²) in [5.41, 5.74) is 2.38. The molecule has 5 heteroatoms. The predicted octanol–water partition coefficient (Wildman–Crippen LogP) is 3.57. The number of hydrogen-bond donors (Lipinski definition) is 1. The van der Waals surface area contributed by atoms with Crippen molar-refractivity contribution in [1.29, 1.82) is 0 Å². The Balaban J connectivity index is 1.67. The first kappa shape index (κ1) is 13.2. The van der Waals surface area contributed by atoms with E-state index in [1.807, 2.05) is 0 Å². The number of benzene rings is 1. The van der Waals surface area contributed by atoms with E-state index >= 15 is 0 Å². The highest BCUT2D eigenvalue weighted by Crippen LogP contribution is 2.27. The molecule has 0 saturated heterocycles. The molecule has 19 heavy (non-hydrogen) atoms. The van der Waals surface area contributed by atoms with Gasteiger partial charge in [0.25, 0.3) is 0 Å². The normalized spacial score (nSPS) is 14.8. The average molecular weight is 338 g/mol. The van der Waals surface area contributed by atoms with E-state index in [9.17, 15) is 0 Å². The summed E-state index contributed by atoms with van der Waals surface area (Å²) in [6.07, 6.45) is 3.64. The van der Waals surface area contributed by atoms with Gasteiger partial charge in [0.05, 0.1) is 0 Å². The molecule has 3 rings (SSSR count). The highest BCUT2D eigenvalue weighted by Gasteiger charge is 2.19. The van der Waals surface area contributed by atoms with E-state index in [0.717, 1.165) is 39.1 Å². The Morgan fingerprint density at radius 3 is 2.95 bits per heavy atom. The van der Waals surface area contributed by atoms with E-state index < -0.39 is 0 Å². The van der Waals surface area contributed by atoms with Crippen LogP contribution < -0.4 is 5.32 Å². The van der Waals surface area contributed by atoms with Crippen molar-refractivity contribution in [3.05, 3.63) is 33.2 Å². The van der Waals surface area contributed by atoms with Crippen LogP contribution in [0, 0.1) is 6.92 Å². The third-order valence-corrected chi connectivity index (χ3v) is 5.14. The number of halogens is 1. The maximum absolute atomic E-state index is 4.30. The molecular weight excluding hydrogens is 322 g/mol. The molecule has 2 aromatic rings. The van der Waals surface area contributed by atoms with Gasteiger partial charge in [0, 0.05) is 29.0 Å². The fourth-order valence-corrected chi connectivity index (χ4v) is 3.00. The smallest absolute Gasteiger partial charge is 0.147 e.